The molecule has 0 aliphatic carbocycles. The van der Waals surface area contributed by atoms with Gasteiger partial charge in [-0.15, -0.1) is 0 Å². The highest BCUT2D eigenvalue weighted by Gasteiger charge is 2.17. The molecule has 126 valence electrons. The third-order valence-corrected chi connectivity index (χ3v) is 4.44. The van der Waals surface area contributed by atoms with Gasteiger partial charge in [0.05, 0.1) is 29.3 Å². The molecule has 0 radical (unpaired) electrons. The Balaban J connectivity index is 1.71. The standard InChI is InChI=1S/C18H15FN4OS/c19-13-6-8-14(9-7-13)23(11-3-10-20)17(24)12-25-18-21-15-4-1-2-5-16(15)22-18/h1-2,4-9H,3,11-12H2,(H,21,22). The van der Waals surface area contributed by atoms with Gasteiger partial charge in [-0.2, -0.15) is 5.26 Å². The molecule has 2 aromatic carbocycles. The second-order valence-corrected chi connectivity index (χ2v) is 6.24. The Morgan fingerprint density at radius 1 is 1.24 bits per heavy atom. The van der Waals surface area contributed by atoms with Gasteiger partial charge in [0.25, 0.3) is 0 Å². The van der Waals surface area contributed by atoms with E-state index in [9.17, 15) is 9.18 Å². The van der Waals surface area contributed by atoms with Crippen molar-refractivity contribution in [3.63, 3.8) is 0 Å². The molecule has 1 aromatic heterocycles. The van der Waals surface area contributed by atoms with E-state index in [1.807, 2.05) is 30.3 Å². The van der Waals surface area contributed by atoms with Crippen molar-refractivity contribution < 1.29 is 9.18 Å². The number of nitriles is 1. The molecular weight excluding hydrogens is 339 g/mol. The van der Waals surface area contributed by atoms with Crippen LogP contribution in [0.15, 0.2) is 53.7 Å². The van der Waals surface area contributed by atoms with Crippen LogP contribution in [0.5, 0.6) is 0 Å². The largest absolute Gasteiger partial charge is 0.333 e. The molecule has 1 heterocycles. The number of rotatable bonds is 6. The molecule has 3 rings (SSSR count). The highest BCUT2D eigenvalue weighted by atomic mass is 32.2. The molecule has 0 bridgehead atoms. The number of aromatic amines is 1. The lowest BCUT2D eigenvalue weighted by molar-refractivity contribution is -0.116. The van der Waals surface area contributed by atoms with Gasteiger partial charge in [-0.1, -0.05) is 23.9 Å². The summed E-state index contributed by atoms with van der Waals surface area (Å²) in [6.07, 6.45) is 0.207. The number of hydrogen-bond donors (Lipinski definition) is 1. The minimum atomic E-state index is -0.368. The molecular formula is C18H15FN4OS. The minimum absolute atomic E-state index is 0.160. The third-order valence-electron chi connectivity index (χ3n) is 3.59. The van der Waals surface area contributed by atoms with Crippen molar-refractivity contribution >= 4 is 34.4 Å². The topological polar surface area (TPSA) is 72.8 Å². The normalized spacial score (nSPS) is 10.6. The number of carbonyl (C=O) groups excluding carboxylic acids is 1. The van der Waals surface area contributed by atoms with E-state index in [1.165, 1.54) is 40.9 Å². The average Bonchev–Trinajstić information content (AvgIpc) is 3.04. The highest BCUT2D eigenvalue weighted by Crippen LogP contribution is 2.22. The number of para-hydroxylation sites is 2. The number of fused-ring (bicyclic) bond motifs is 1. The lowest BCUT2D eigenvalue weighted by Crippen LogP contribution is -2.33. The first-order chi connectivity index (χ1) is 12.2. The molecule has 0 saturated carbocycles. The summed E-state index contributed by atoms with van der Waals surface area (Å²) < 4.78 is 13.1. The van der Waals surface area contributed by atoms with Crippen molar-refractivity contribution in [3.8, 4) is 6.07 Å². The Morgan fingerprint density at radius 2 is 2.00 bits per heavy atom. The van der Waals surface area contributed by atoms with Crippen LogP contribution in [0.3, 0.4) is 0 Å². The lowest BCUT2D eigenvalue weighted by atomic mass is 10.2. The van der Waals surface area contributed by atoms with E-state index in [4.69, 9.17) is 5.26 Å². The summed E-state index contributed by atoms with van der Waals surface area (Å²) in [6, 6.07) is 15.3. The van der Waals surface area contributed by atoms with E-state index in [0.29, 0.717) is 10.8 Å². The third kappa shape index (κ3) is 4.17. The molecule has 3 aromatic rings. The quantitative estimate of drug-likeness (QED) is 0.685. The van der Waals surface area contributed by atoms with Gasteiger partial charge in [0, 0.05) is 12.2 Å². The second-order valence-electron chi connectivity index (χ2n) is 5.28. The Hall–Kier alpha value is -2.85. The summed E-state index contributed by atoms with van der Waals surface area (Å²) in [7, 11) is 0. The van der Waals surface area contributed by atoms with E-state index in [0.717, 1.165) is 11.0 Å². The van der Waals surface area contributed by atoms with Crippen molar-refractivity contribution in [2.75, 3.05) is 17.2 Å². The predicted molar refractivity (Wildman–Crippen MR) is 95.8 cm³/mol. The van der Waals surface area contributed by atoms with Crippen molar-refractivity contribution in [3.05, 3.63) is 54.3 Å². The van der Waals surface area contributed by atoms with Gasteiger partial charge in [-0.25, -0.2) is 9.37 Å². The Kier molecular flexibility index (Phi) is 5.31. The highest BCUT2D eigenvalue weighted by molar-refractivity contribution is 7.99. The SMILES string of the molecule is N#CCCN(C(=O)CSc1nc2ccccc2[nH]1)c1ccc(F)cc1. The molecule has 0 aliphatic rings. The number of H-pyrrole nitrogens is 1. The minimum Gasteiger partial charge on any atom is -0.333 e. The van der Waals surface area contributed by atoms with Gasteiger partial charge < -0.3 is 9.88 Å². The molecule has 5 nitrogen and oxygen atoms in total. The molecule has 7 heteroatoms. The fraction of sp³-hybridized carbons (Fsp3) is 0.167. The number of thioether (sulfide) groups is 1. The molecule has 0 fully saturated rings. The fourth-order valence-corrected chi connectivity index (χ4v) is 3.15. The summed E-state index contributed by atoms with van der Waals surface area (Å²) in [5.74, 6) is -0.358. The number of hydrogen-bond acceptors (Lipinski definition) is 4. The second kappa shape index (κ2) is 7.81. The summed E-state index contributed by atoms with van der Waals surface area (Å²) in [5, 5.41) is 9.47. The lowest BCUT2D eigenvalue weighted by Gasteiger charge is -2.21. The molecule has 0 saturated heterocycles. The number of halogens is 1. The van der Waals surface area contributed by atoms with Crippen LogP contribution in [0.1, 0.15) is 6.42 Å². The first-order valence-corrected chi connectivity index (χ1v) is 8.66. The zero-order valence-corrected chi connectivity index (χ0v) is 14.1. The van der Waals surface area contributed by atoms with E-state index in [2.05, 4.69) is 9.97 Å². The van der Waals surface area contributed by atoms with Gasteiger partial charge >= 0.3 is 0 Å². The van der Waals surface area contributed by atoms with Gasteiger partial charge in [0.1, 0.15) is 5.82 Å². The number of carbonyl (C=O) groups is 1. The van der Waals surface area contributed by atoms with Crippen molar-refractivity contribution in [1.82, 2.24) is 9.97 Å². The Bertz CT molecular complexity index is 884. The van der Waals surface area contributed by atoms with Gasteiger partial charge in [-0.3, -0.25) is 4.79 Å². The average molecular weight is 354 g/mol. The number of benzene rings is 2. The maximum absolute atomic E-state index is 13.1. The van der Waals surface area contributed by atoms with Crippen LogP contribution >= 0.6 is 11.8 Å². The number of imidazole rings is 1. The van der Waals surface area contributed by atoms with Crippen LogP contribution in [0.4, 0.5) is 10.1 Å². The molecule has 25 heavy (non-hydrogen) atoms. The fourth-order valence-electron chi connectivity index (χ4n) is 2.39. The molecule has 1 amide bonds. The number of nitrogens with zero attached hydrogens (tertiary/aromatic N) is 3. The number of aromatic nitrogens is 2. The maximum Gasteiger partial charge on any atom is 0.237 e. The van der Waals surface area contributed by atoms with Gasteiger partial charge in [-0.05, 0) is 36.4 Å². The molecule has 0 unspecified atom stereocenters. The molecule has 0 aliphatic heterocycles. The van der Waals surface area contributed by atoms with Crippen LogP contribution in [0.25, 0.3) is 11.0 Å². The van der Waals surface area contributed by atoms with E-state index in [1.54, 1.807) is 0 Å². The summed E-state index contributed by atoms with van der Waals surface area (Å²) in [6.45, 7) is 0.266. The van der Waals surface area contributed by atoms with Crippen LogP contribution in [0, 0.1) is 17.1 Å². The van der Waals surface area contributed by atoms with Crippen LogP contribution < -0.4 is 4.90 Å². The number of nitrogens with one attached hydrogen (secondary N) is 1. The molecule has 0 spiro atoms. The van der Waals surface area contributed by atoms with Crippen molar-refractivity contribution in [2.45, 2.75) is 11.6 Å². The monoisotopic (exact) mass is 354 g/mol. The zero-order valence-electron chi connectivity index (χ0n) is 13.3. The first kappa shape index (κ1) is 17.0. The van der Waals surface area contributed by atoms with Crippen LogP contribution in [-0.2, 0) is 4.79 Å². The first-order valence-electron chi connectivity index (χ1n) is 7.68. The van der Waals surface area contributed by atoms with Crippen LogP contribution in [-0.4, -0.2) is 28.2 Å². The Morgan fingerprint density at radius 3 is 2.72 bits per heavy atom. The van der Waals surface area contributed by atoms with Crippen molar-refractivity contribution in [1.29, 1.82) is 5.26 Å². The smallest absolute Gasteiger partial charge is 0.237 e. The van der Waals surface area contributed by atoms with E-state index >= 15 is 0 Å². The van der Waals surface area contributed by atoms with E-state index < -0.39 is 0 Å². The predicted octanol–water partition coefficient (Wildman–Crippen LogP) is 3.74. The molecule has 1 N–H and O–H groups in total. The summed E-state index contributed by atoms with van der Waals surface area (Å²) >= 11 is 1.30. The van der Waals surface area contributed by atoms with Crippen LogP contribution in [0.2, 0.25) is 0 Å². The van der Waals surface area contributed by atoms with Gasteiger partial charge in [0.15, 0.2) is 5.16 Å². The Labute approximate surface area is 148 Å². The summed E-state index contributed by atoms with van der Waals surface area (Å²) in [4.78, 5) is 21.7. The van der Waals surface area contributed by atoms with E-state index in [-0.39, 0.29) is 30.4 Å². The van der Waals surface area contributed by atoms with Crippen molar-refractivity contribution in [2.24, 2.45) is 0 Å². The zero-order chi connectivity index (χ0) is 17.6. The summed E-state index contributed by atoms with van der Waals surface area (Å²) in [5.41, 5.74) is 2.33. The number of amides is 1. The number of anilines is 1. The van der Waals surface area contributed by atoms with Gasteiger partial charge in [0.2, 0.25) is 5.91 Å². The molecule has 0 atom stereocenters. The maximum atomic E-state index is 13.1.